The van der Waals surface area contributed by atoms with Gasteiger partial charge in [-0.25, -0.2) is 4.98 Å². The van der Waals surface area contributed by atoms with Crippen molar-refractivity contribution >= 4 is 11.6 Å². The Kier molecular flexibility index (Phi) is 6.01. The second-order valence-corrected chi connectivity index (χ2v) is 8.36. The van der Waals surface area contributed by atoms with Crippen molar-refractivity contribution in [3.05, 3.63) is 48.0 Å². The number of aromatic nitrogens is 2. The van der Waals surface area contributed by atoms with Gasteiger partial charge in [-0.3, -0.25) is 14.6 Å². The summed E-state index contributed by atoms with van der Waals surface area (Å²) in [5.74, 6) is 1.37. The zero-order valence-electron chi connectivity index (χ0n) is 17.9. The number of fused-ring (bicyclic) bond motifs is 1. The van der Waals surface area contributed by atoms with Crippen molar-refractivity contribution < 1.29 is 4.79 Å². The Hall–Kier alpha value is -2.18. The number of hydrogen-bond donors (Lipinski definition) is 0. The quantitative estimate of drug-likeness (QED) is 0.781. The van der Waals surface area contributed by atoms with Crippen molar-refractivity contribution in [2.75, 3.05) is 31.1 Å². The van der Waals surface area contributed by atoms with E-state index in [0.29, 0.717) is 0 Å². The lowest BCUT2D eigenvalue weighted by atomic mass is 10.1. The van der Waals surface area contributed by atoms with Crippen LogP contribution in [0.5, 0.6) is 0 Å². The summed E-state index contributed by atoms with van der Waals surface area (Å²) < 4.78 is 2.21. The highest BCUT2D eigenvalue weighted by Gasteiger charge is 2.35. The van der Waals surface area contributed by atoms with Gasteiger partial charge in [0, 0.05) is 50.3 Å². The molecule has 2 aromatic rings. The summed E-state index contributed by atoms with van der Waals surface area (Å²) in [6, 6.07) is 8.47. The summed E-state index contributed by atoms with van der Waals surface area (Å²) in [7, 11) is 0. The van der Waals surface area contributed by atoms with Crippen molar-refractivity contribution in [2.24, 2.45) is 0 Å². The normalized spacial score (nSPS) is 21.8. The number of aryl methyl sites for hydroxylation is 1. The Morgan fingerprint density at radius 3 is 2.86 bits per heavy atom. The first-order chi connectivity index (χ1) is 14.1. The highest BCUT2D eigenvalue weighted by atomic mass is 16.2. The molecule has 0 saturated carbocycles. The van der Waals surface area contributed by atoms with E-state index >= 15 is 0 Å². The monoisotopic (exact) mass is 395 g/mol. The highest BCUT2D eigenvalue weighted by molar-refractivity contribution is 5.99. The summed E-state index contributed by atoms with van der Waals surface area (Å²) >= 11 is 0. The molecule has 1 fully saturated rings. The molecule has 6 heteroatoms. The van der Waals surface area contributed by atoms with Crippen molar-refractivity contribution in [1.82, 2.24) is 19.4 Å². The van der Waals surface area contributed by atoms with E-state index in [-0.39, 0.29) is 18.0 Å². The number of benzene rings is 1. The summed E-state index contributed by atoms with van der Waals surface area (Å²) in [4.78, 5) is 24.8. The number of anilines is 1. The fraction of sp³-hybridized carbons (Fsp3) is 0.565. The molecule has 6 nitrogen and oxygen atoms in total. The first kappa shape index (κ1) is 20.1. The average Bonchev–Trinajstić information content (AvgIpc) is 3.23. The first-order valence-electron chi connectivity index (χ1n) is 11.0. The molecule has 0 aliphatic carbocycles. The van der Waals surface area contributed by atoms with Gasteiger partial charge >= 0.3 is 0 Å². The van der Waals surface area contributed by atoms with Crippen molar-refractivity contribution in [3.8, 4) is 0 Å². The Bertz CT molecular complexity index is 847. The fourth-order valence-electron chi connectivity index (χ4n) is 4.77. The summed E-state index contributed by atoms with van der Waals surface area (Å²) in [6.07, 6.45) is 5.97. The zero-order chi connectivity index (χ0) is 20.4. The molecule has 2 unspecified atom stereocenters. The number of carbonyl (C=O) groups is 1. The van der Waals surface area contributed by atoms with Gasteiger partial charge in [0.1, 0.15) is 5.82 Å². The van der Waals surface area contributed by atoms with Gasteiger partial charge in [-0.1, -0.05) is 18.2 Å². The maximum absolute atomic E-state index is 13.4. The van der Waals surface area contributed by atoms with Gasteiger partial charge in [0.15, 0.2) is 0 Å². The van der Waals surface area contributed by atoms with E-state index in [0.717, 1.165) is 63.6 Å². The fourth-order valence-corrected chi connectivity index (χ4v) is 4.77. The van der Waals surface area contributed by atoms with Gasteiger partial charge in [0.05, 0.1) is 12.6 Å². The Morgan fingerprint density at radius 1 is 1.21 bits per heavy atom. The topological polar surface area (TPSA) is 44.6 Å². The van der Waals surface area contributed by atoms with Crippen LogP contribution in [0.25, 0.3) is 0 Å². The largest absolute Gasteiger partial charge is 0.334 e. The second-order valence-electron chi connectivity index (χ2n) is 8.36. The SMILES string of the molecule is CCn1ccnc1CN1CCCN(C(C)C(=O)N2c3ccccc3CC2C)CC1. The van der Waals surface area contributed by atoms with E-state index in [4.69, 9.17) is 0 Å². The predicted octanol–water partition coefficient (Wildman–Crippen LogP) is 2.78. The van der Waals surface area contributed by atoms with Crippen molar-refractivity contribution in [1.29, 1.82) is 0 Å². The molecular formula is C23H33N5O. The molecule has 1 aromatic carbocycles. The molecule has 2 aliphatic rings. The smallest absolute Gasteiger partial charge is 0.244 e. The number of para-hydroxylation sites is 1. The molecule has 2 aliphatic heterocycles. The highest BCUT2D eigenvalue weighted by Crippen LogP contribution is 2.32. The predicted molar refractivity (Wildman–Crippen MR) is 116 cm³/mol. The Morgan fingerprint density at radius 2 is 2.03 bits per heavy atom. The number of amides is 1. The summed E-state index contributed by atoms with van der Waals surface area (Å²) in [5, 5.41) is 0. The van der Waals surface area contributed by atoms with Gasteiger partial charge < -0.3 is 9.47 Å². The van der Waals surface area contributed by atoms with E-state index in [1.165, 1.54) is 5.56 Å². The molecule has 1 amide bonds. The molecule has 1 aromatic heterocycles. The lowest BCUT2D eigenvalue weighted by Gasteiger charge is -2.32. The lowest BCUT2D eigenvalue weighted by molar-refractivity contribution is -0.123. The van der Waals surface area contributed by atoms with Crippen LogP contribution in [0.15, 0.2) is 36.7 Å². The maximum Gasteiger partial charge on any atom is 0.244 e. The number of rotatable bonds is 5. The van der Waals surface area contributed by atoms with E-state index < -0.39 is 0 Å². The minimum atomic E-state index is -0.0961. The van der Waals surface area contributed by atoms with Gasteiger partial charge in [-0.15, -0.1) is 0 Å². The number of hydrogen-bond acceptors (Lipinski definition) is 4. The van der Waals surface area contributed by atoms with Gasteiger partial charge in [-0.2, -0.15) is 0 Å². The van der Waals surface area contributed by atoms with Gasteiger partial charge in [0.25, 0.3) is 0 Å². The minimum Gasteiger partial charge on any atom is -0.334 e. The molecule has 0 spiro atoms. The van der Waals surface area contributed by atoms with Crippen LogP contribution in [-0.4, -0.2) is 63.5 Å². The van der Waals surface area contributed by atoms with E-state index in [9.17, 15) is 4.79 Å². The molecular weight excluding hydrogens is 362 g/mol. The molecule has 0 bridgehead atoms. The van der Waals surface area contributed by atoms with Crippen LogP contribution in [0, 0.1) is 0 Å². The maximum atomic E-state index is 13.4. The van der Waals surface area contributed by atoms with E-state index in [1.807, 2.05) is 17.2 Å². The Labute approximate surface area is 174 Å². The van der Waals surface area contributed by atoms with Crippen LogP contribution in [0.2, 0.25) is 0 Å². The van der Waals surface area contributed by atoms with Crippen LogP contribution in [-0.2, 0) is 24.3 Å². The summed E-state index contributed by atoms with van der Waals surface area (Å²) in [6.45, 7) is 12.1. The average molecular weight is 396 g/mol. The van der Waals surface area contributed by atoms with Crippen LogP contribution in [0.4, 0.5) is 5.69 Å². The van der Waals surface area contributed by atoms with Crippen molar-refractivity contribution in [3.63, 3.8) is 0 Å². The third kappa shape index (κ3) is 4.09. The zero-order valence-corrected chi connectivity index (χ0v) is 17.9. The first-order valence-corrected chi connectivity index (χ1v) is 11.0. The molecule has 156 valence electrons. The van der Waals surface area contributed by atoms with Crippen LogP contribution in [0.1, 0.15) is 38.6 Å². The number of carbonyl (C=O) groups excluding carboxylic acids is 1. The number of nitrogens with zero attached hydrogens (tertiary/aromatic N) is 5. The molecule has 29 heavy (non-hydrogen) atoms. The van der Waals surface area contributed by atoms with E-state index in [1.54, 1.807) is 0 Å². The van der Waals surface area contributed by atoms with Gasteiger partial charge in [-0.05, 0) is 51.8 Å². The van der Waals surface area contributed by atoms with Gasteiger partial charge in [0.2, 0.25) is 5.91 Å². The Balaban J connectivity index is 1.39. The third-order valence-electron chi connectivity index (χ3n) is 6.48. The van der Waals surface area contributed by atoms with Crippen molar-refractivity contribution in [2.45, 2.75) is 58.8 Å². The minimum absolute atomic E-state index is 0.0961. The molecule has 1 saturated heterocycles. The molecule has 0 N–H and O–H groups in total. The van der Waals surface area contributed by atoms with Crippen LogP contribution in [0.3, 0.4) is 0 Å². The molecule has 2 atom stereocenters. The molecule has 3 heterocycles. The lowest BCUT2D eigenvalue weighted by Crippen LogP contribution is -2.50. The van der Waals surface area contributed by atoms with Crippen LogP contribution < -0.4 is 4.90 Å². The third-order valence-corrected chi connectivity index (χ3v) is 6.48. The molecule has 0 radical (unpaired) electrons. The summed E-state index contributed by atoms with van der Waals surface area (Å²) in [5.41, 5.74) is 2.38. The van der Waals surface area contributed by atoms with Crippen LogP contribution >= 0.6 is 0 Å². The second kappa shape index (κ2) is 8.67. The molecule has 4 rings (SSSR count). The standard InChI is InChI=1S/C23H33N5O/c1-4-26-13-10-24-22(26)17-25-11-7-12-27(15-14-25)19(3)23(29)28-18(2)16-20-8-5-6-9-21(20)28/h5-6,8-10,13,18-19H,4,7,11-12,14-17H2,1-3H3. The van der Waals surface area contributed by atoms with E-state index in [2.05, 4.69) is 64.5 Å². The number of imidazole rings is 1.